The van der Waals surface area contributed by atoms with Gasteiger partial charge in [0.25, 0.3) is 17.5 Å². The van der Waals surface area contributed by atoms with E-state index in [1.165, 1.54) is 13.0 Å². The summed E-state index contributed by atoms with van der Waals surface area (Å²) >= 11 is 0. The first kappa shape index (κ1) is 24.7. The molecule has 176 valence electrons. The lowest BCUT2D eigenvalue weighted by atomic mass is 9.97. The van der Waals surface area contributed by atoms with Crippen molar-refractivity contribution in [1.29, 1.82) is 0 Å². The normalized spacial score (nSPS) is 15.0. The molecule has 0 saturated carbocycles. The van der Waals surface area contributed by atoms with Gasteiger partial charge >= 0.3 is 11.9 Å². The van der Waals surface area contributed by atoms with Gasteiger partial charge in [-0.1, -0.05) is 30.4 Å². The van der Waals surface area contributed by atoms with Crippen molar-refractivity contribution in [1.82, 2.24) is 0 Å². The number of amides is 2. The summed E-state index contributed by atoms with van der Waals surface area (Å²) in [7, 11) is 3.85. The number of carboxylic acid groups (broad SMARTS) is 2. The Morgan fingerprint density at radius 1 is 0.971 bits per heavy atom. The molecular weight excluding hydrogens is 450 g/mol. The molecule has 2 N–H and O–H groups in total. The van der Waals surface area contributed by atoms with Gasteiger partial charge in [0.05, 0.1) is 23.4 Å². The van der Waals surface area contributed by atoms with E-state index >= 15 is 0 Å². The summed E-state index contributed by atoms with van der Waals surface area (Å²) in [5, 5.41) is 18.7. The molecule has 0 radical (unpaired) electrons. The molecule has 1 aliphatic heterocycles. The Kier molecular flexibility index (Phi) is 6.97. The highest BCUT2D eigenvalue weighted by atomic mass is 16.4. The number of carboxylic acids is 2. The fraction of sp³-hybridized carbons (Fsp3) is 0.115. The number of hydrogen-bond acceptors (Lipinski definition) is 5. The summed E-state index contributed by atoms with van der Waals surface area (Å²) in [6.45, 7) is 8.90. The van der Waals surface area contributed by atoms with Crippen molar-refractivity contribution < 1.29 is 29.4 Å². The quantitative estimate of drug-likeness (QED) is 0.373. The Morgan fingerprint density at radius 3 is 2.03 bits per heavy atom. The van der Waals surface area contributed by atoms with Gasteiger partial charge in [0.15, 0.2) is 0 Å². The average Bonchev–Trinajstić information content (AvgIpc) is 2.81. The van der Waals surface area contributed by atoms with Crippen LogP contribution in [0.3, 0.4) is 0 Å². The van der Waals surface area contributed by atoms with Crippen molar-refractivity contribution >= 4 is 41.2 Å². The molecule has 0 saturated heterocycles. The second-order valence-electron chi connectivity index (χ2n) is 7.84. The van der Waals surface area contributed by atoms with Gasteiger partial charge in [-0.2, -0.15) is 0 Å². The molecule has 0 unspecified atom stereocenters. The number of rotatable bonds is 6. The van der Waals surface area contributed by atoms with E-state index in [0.717, 1.165) is 29.4 Å². The first-order chi connectivity index (χ1) is 16.5. The van der Waals surface area contributed by atoms with Crippen molar-refractivity contribution in [2.75, 3.05) is 23.9 Å². The van der Waals surface area contributed by atoms with Crippen molar-refractivity contribution in [2.45, 2.75) is 6.92 Å². The van der Waals surface area contributed by atoms with E-state index < -0.39 is 34.9 Å². The fourth-order valence-electron chi connectivity index (χ4n) is 3.46. The Hall–Kier alpha value is -4.97. The molecule has 0 atom stereocenters. The van der Waals surface area contributed by atoms with Crippen molar-refractivity contribution in [3.8, 4) is 0 Å². The summed E-state index contributed by atoms with van der Waals surface area (Å²) in [4.78, 5) is 55.1. The third-order valence-corrected chi connectivity index (χ3v) is 5.34. The van der Waals surface area contributed by atoms with Crippen LogP contribution in [0, 0.1) is 6.57 Å². The van der Waals surface area contributed by atoms with Crippen LogP contribution >= 0.6 is 0 Å². The topological polar surface area (TPSA) is 120 Å². The standard InChI is InChI=1S/C26H21N3O6/c1-15-21(7-5-6-16-8-10-19(11-9-16)28(3)4)23(30)29(24(31)22(15)27-2)20-13-17(25(32)33)12-18(14-20)26(34)35/h5-14H,1,3-4H3,(H,32,33)(H,34,35)/b6-5?,21-7-. The lowest BCUT2D eigenvalue weighted by Crippen LogP contribution is -2.42. The number of hydrogen-bond donors (Lipinski definition) is 2. The molecule has 2 aromatic carbocycles. The highest BCUT2D eigenvalue weighted by Crippen LogP contribution is 2.31. The van der Waals surface area contributed by atoms with Crippen LogP contribution in [0.1, 0.15) is 33.2 Å². The fourth-order valence-corrected chi connectivity index (χ4v) is 3.46. The monoisotopic (exact) mass is 471 g/mol. The summed E-state index contributed by atoms with van der Waals surface area (Å²) in [6.07, 6.45) is 4.81. The van der Waals surface area contributed by atoms with Crippen LogP contribution in [0.25, 0.3) is 10.9 Å². The number of imide groups is 1. The number of carbonyl (C=O) groups is 4. The largest absolute Gasteiger partial charge is 0.478 e. The van der Waals surface area contributed by atoms with Crippen LogP contribution in [0.15, 0.2) is 71.5 Å². The Morgan fingerprint density at radius 2 is 1.54 bits per heavy atom. The molecule has 1 aliphatic rings. The molecule has 2 aromatic rings. The van der Waals surface area contributed by atoms with Crippen molar-refractivity contribution in [3.05, 3.63) is 99.6 Å². The van der Waals surface area contributed by atoms with E-state index in [1.54, 1.807) is 12.2 Å². The lowest BCUT2D eigenvalue weighted by Gasteiger charge is -2.28. The van der Waals surface area contributed by atoms with Gasteiger partial charge in [0.2, 0.25) is 0 Å². The van der Waals surface area contributed by atoms with E-state index in [1.807, 2.05) is 43.3 Å². The first-order valence-corrected chi connectivity index (χ1v) is 10.3. The first-order valence-electron chi connectivity index (χ1n) is 10.3. The summed E-state index contributed by atoms with van der Waals surface area (Å²) in [5.41, 5.74) is 0.696. The molecule has 2 amide bonds. The second kappa shape index (κ2) is 9.89. The molecule has 3 rings (SSSR count). The molecular formula is C26H21N3O6. The van der Waals surface area contributed by atoms with E-state index in [0.29, 0.717) is 4.90 Å². The molecule has 35 heavy (non-hydrogen) atoms. The predicted octanol–water partition coefficient (Wildman–Crippen LogP) is 3.86. The third kappa shape index (κ3) is 5.02. The molecule has 9 nitrogen and oxygen atoms in total. The Bertz CT molecular complexity index is 1340. The molecule has 0 aromatic heterocycles. The summed E-state index contributed by atoms with van der Waals surface area (Å²) in [5.74, 6) is -4.61. The van der Waals surface area contributed by atoms with Crippen LogP contribution in [0.2, 0.25) is 0 Å². The maximum absolute atomic E-state index is 13.3. The Labute approximate surface area is 201 Å². The van der Waals surface area contributed by atoms with Crippen LogP contribution < -0.4 is 9.80 Å². The van der Waals surface area contributed by atoms with Gasteiger partial charge in [0.1, 0.15) is 0 Å². The number of anilines is 2. The second-order valence-corrected chi connectivity index (χ2v) is 7.84. The number of allylic oxidation sites excluding steroid dienone is 2. The minimum atomic E-state index is -1.43. The minimum Gasteiger partial charge on any atom is -0.478 e. The van der Waals surface area contributed by atoms with Crippen LogP contribution in [-0.4, -0.2) is 48.1 Å². The zero-order valence-corrected chi connectivity index (χ0v) is 19.1. The van der Waals surface area contributed by atoms with Gasteiger partial charge in [-0.05, 0) is 48.4 Å². The smallest absolute Gasteiger partial charge is 0.335 e. The number of carbonyl (C=O) groups excluding carboxylic acids is 2. The third-order valence-electron chi connectivity index (χ3n) is 5.34. The molecule has 0 aliphatic carbocycles. The van der Waals surface area contributed by atoms with Gasteiger partial charge in [0, 0.05) is 25.4 Å². The highest BCUT2D eigenvalue weighted by Gasteiger charge is 2.37. The van der Waals surface area contributed by atoms with Gasteiger partial charge in [-0.15, -0.1) is 0 Å². The number of aromatic carboxylic acids is 2. The van der Waals surface area contributed by atoms with E-state index in [9.17, 15) is 29.4 Å². The molecule has 0 bridgehead atoms. The van der Waals surface area contributed by atoms with Gasteiger partial charge in [-0.3, -0.25) is 14.5 Å². The van der Waals surface area contributed by atoms with Gasteiger partial charge in [-0.25, -0.2) is 14.4 Å². The van der Waals surface area contributed by atoms with Gasteiger partial charge < -0.3 is 15.1 Å². The van der Waals surface area contributed by atoms with Crippen LogP contribution in [0.4, 0.5) is 11.4 Å². The van der Waals surface area contributed by atoms with Crippen LogP contribution in [0.5, 0.6) is 0 Å². The predicted molar refractivity (Wildman–Crippen MR) is 130 cm³/mol. The summed E-state index contributed by atoms with van der Waals surface area (Å²) in [6, 6.07) is 10.6. The summed E-state index contributed by atoms with van der Waals surface area (Å²) < 4.78 is 0. The minimum absolute atomic E-state index is 0.0503. The zero-order chi connectivity index (χ0) is 25.9. The lowest BCUT2D eigenvalue weighted by molar-refractivity contribution is -0.123. The Balaban J connectivity index is 2.07. The molecule has 0 spiro atoms. The highest BCUT2D eigenvalue weighted by molar-refractivity contribution is 6.31. The van der Waals surface area contributed by atoms with Crippen LogP contribution in [-0.2, 0) is 9.59 Å². The zero-order valence-electron chi connectivity index (χ0n) is 19.1. The maximum atomic E-state index is 13.3. The average molecular weight is 471 g/mol. The van der Waals surface area contributed by atoms with E-state index in [4.69, 9.17) is 6.57 Å². The van der Waals surface area contributed by atoms with E-state index in [2.05, 4.69) is 4.85 Å². The van der Waals surface area contributed by atoms with Crippen molar-refractivity contribution in [3.63, 3.8) is 0 Å². The molecule has 1 heterocycles. The number of benzene rings is 2. The molecule has 9 heteroatoms. The number of nitrogens with zero attached hydrogens (tertiary/aromatic N) is 3. The maximum Gasteiger partial charge on any atom is 0.335 e. The van der Waals surface area contributed by atoms with E-state index in [-0.39, 0.29) is 22.5 Å². The SMILES string of the molecule is [C-]#[N+]C1=C(C)/C(=C/C=Cc2ccc(N(C)C)cc2)C(=O)N(c2cc(C(=O)O)cc(C(=O)O)c2)C1=O. The molecule has 0 fully saturated rings. The van der Waals surface area contributed by atoms with Crippen molar-refractivity contribution in [2.24, 2.45) is 0 Å².